The van der Waals surface area contributed by atoms with Crippen LogP contribution in [0.4, 0.5) is 10.5 Å². The second-order valence-corrected chi connectivity index (χ2v) is 6.94. The van der Waals surface area contributed by atoms with Gasteiger partial charge in [0, 0.05) is 6.54 Å². The first kappa shape index (κ1) is 18.9. The molecule has 1 aliphatic rings. The summed E-state index contributed by atoms with van der Waals surface area (Å²) in [5.74, 6) is -0.893. The molecular weight excluding hydrogens is 368 g/mol. The van der Waals surface area contributed by atoms with Crippen molar-refractivity contribution in [1.29, 1.82) is 0 Å². The number of urea groups is 1. The van der Waals surface area contributed by atoms with Crippen LogP contribution in [0, 0.1) is 0 Å². The van der Waals surface area contributed by atoms with E-state index in [-0.39, 0.29) is 18.4 Å². The summed E-state index contributed by atoms with van der Waals surface area (Å²) in [5, 5.41) is 4.48. The minimum atomic E-state index is -0.504. The molecular formula is C19H20N2O5S. The highest BCUT2D eigenvalue weighted by atomic mass is 32.1. The fourth-order valence-electron chi connectivity index (χ4n) is 3.20. The highest BCUT2D eigenvalue weighted by Crippen LogP contribution is 2.33. The van der Waals surface area contributed by atoms with Crippen molar-refractivity contribution in [3.63, 3.8) is 0 Å². The number of amides is 2. The van der Waals surface area contributed by atoms with Crippen molar-refractivity contribution in [3.05, 3.63) is 51.7 Å². The van der Waals surface area contributed by atoms with Gasteiger partial charge in [-0.3, -0.25) is 4.79 Å². The molecule has 0 radical (unpaired) electrons. The smallest absolute Gasteiger partial charge is 0.350 e. The molecule has 0 saturated heterocycles. The van der Waals surface area contributed by atoms with Crippen molar-refractivity contribution in [1.82, 2.24) is 4.90 Å². The quantitative estimate of drug-likeness (QED) is 0.813. The number of anilines is 1. The maximum absolute atomic E-state index is 12.9. The number of hydrogen-bond donors (Lipinski definition) is 1. The van der Waals surface area contributed by atoms with Gasteiger partial charge < -0.3 is 19.7 Å². The lowest BCUT2D eigenvalue weighted by atomic mass is 9.91. The van der Waals surface area contributed by atoms with E-state index in [1.54, 1.807) is 16.3 Å². The number of esters is 2. The molecule has 0 spiro atoms. The second kappa shape index (κ2) is 8.22. The number of ether oxygens (including phenoxy) is 2. The van der Waals surface area contributed by atoms with Gasteiger partial charge in [0.1, 0.15) is 4.88 Å². The molecule has 2 aromatic rings. The van der Waals surface area contributed by atoms with Crippen molar-refractivity contribution >= 4 is 35.0 Å². The summed E-state index contributed by atoms with van der Waals surface area (Å²) in [5.41, 5.74) is 2.44. The molecule has 0 fully saturated rings. The number of rotatable bonds is 4. The molecule has 0 saturated carbocycles. The largest absolute Gasteiger partial charge is 0.469 e. The summed E-state index contributed by atoms with van der Waals surface area (Å²) in [4.78, 5) is 38.6. The van der Waals surface area contributed by atoms with Crippen molar-refractivity contribution in [2.24, 2.45) is 0 Å². The third-order valence-electron chi connectivity index (χ3n) is 4.54. The first-order valence-electron chi connectivity index (χ1n) is 8.43. The number of carbonyl (C=O) groups is 3. The predicted octanol–water partition coefficient (Wildman–Crippen LogP) is 3.23. The van der Waals surface area contributed by atoms with Gasteiger partial charge in [0.05, 0.1) is 32.4 Å². The highest BCUT2D eigenvalue weighted by molar-refractivity contribution is 7.12. The molecule has 2 amide bonds. The lowest BCUT2D eigenvalue weighted by molar-refractivity contribution is -0.141. The molecule has 0 bridgehead atoms. The Morgan fingerprint density at radius 2 is 1.96 bits per heavy atom. The summed E-state index contributed by atoms with van der Waals surface area (Å²) in [6.07, 6.45) is 0.753. The average molecular weight is 388 g/mol. The zero-order valence-electron chi connectivity index (χ0n) is 15.1. The summed E-state index contributed by atoms with van der Waals surface area (Å²) in [6, 6.07) is 8.61. The van der Waals surface area contributed by atoms with Gasteiger partial charge >= 0.3 is 18.0 Å². The molecule has 1 atom stereocenters. The summed E-state index contributed by atoms with van der Waals surface area (Å²) >= 11 is 1.19. The number of nitrogens with zero attached hydrogens (tertiary/aromatic N) is 1. The number of methoxy groups -OCH3 is 2. The van der Waals surface area contributed by atoms with Gasteiger partial charge in [0.25, 0.3) is 0 Å². The number of nitrogens with one attached hydrogen (secondary N) is 1. The summed E-state index contributed by atoms with van der Waals surface area (Å²) < 4.78 is 9.55. The number of fused-ring (bicyclic) bond motifs is 1. The third-order valence-corrected chi connectivity index (χ3v) is 5.43. The molecule has 0 aliphatic carbocycles. The predicted molar refractivity (Wildman–Crippen MR) is 101 cm³/mol. The zero-order valence-corrected chi connectivity index (χ0v) is 15.9. The van der Waals surface area contributed by atoms with Crippen LogP contribution < -0.4 is 5.32 Å². The Labute approximate surface area is 160 Å². The van der Waals surface area contributed by atoms with Gasteiger partial charge in [-0.1, -0.05) is 24.3 Å². The Bertz CT molecular complexity index is 863. The lowest BCUT2D eigenvalue weighted by Gasteiger charge is -2.36. The normalized spacial score (nSPS) is 15.6. The Morgan fingerprint density at radius 3 is 2.70 bits per heavy atom. The third kappa shape index (κ3) is 3.95. The van der Waals surface area contributed by atoms with E-state index in [9.17, 15) is 14.4 Å². The molecule has 2 heterocycles. The molecule has 8 heteroatoms. The maximum Gasteiger partial charge on any atom is 0.350 e. The average Bonchev–Trinajstić information content (AvgIpc) is 3.15. The highest BCUT2D eigenvalue weighted by Gasteiger charge is 2.33. The molecule has 27 heavy (non-hydrogen) atoms. The van der Waals surface area contributed by atoms with Crippen LogP contribution in [0.1, 0.15) is 33.3 Å². The molecule has 3 rings (SSSR count). The SMILES string of the molecule is COC(=O)C[C@@H]1c2ccccc2CCN1C(=O)Nc1ccsc1C(=O)OC. The minimum Gasteiger partial charge on any atom is -0.469 e. The van der Waals surface area contributed by atoms with Crippen LogP contribution in [-0.4, -0.2) is 43.6 Å². The van der Waals surface area contributed by atoms with Crippen molar-refractivity contribution < 1.29 is 23.9 Å². The van der Waals surface area contributed by atoms with Crippen LogP contribution in [0.15, 0.2) is 35.7 Å². The van der Waals surface area contributed by atoms with E-state index in [0.717, 1.165) is 11.1 Å². The van der Waals surface area contributed by atoms with Crippen molar-refractivity contribution in [3.8, 4) is 0 Å². The number of benzene rings is 1. The Morgan fingerprint density at radius 1 is 1.19 bits per heavy atom. The Kier molecular flexibility index (Phi) is 5.75. The molecule has 142 valence electrons. The van der Waals surface area contributed by atoms with Gasteiger partial charge in [-0.25, -0.2) is 9.59 Å². The Hall–Kier alpha value is -2.87. The van der Waals surface area contributed by atoms with Crippen molar-refractivity contribution in [2.45, 2.75) is 18.9 Å². The summed E-state index contributed by atoms with van der Waals surface area (Å²) in [6.45, 7) is 0.461. The molecule has 1 aliphatic heterocycles. The number of thiophene rings is 1. The van der Waals surface area contributed by atoms with Gasteiger partial charge in [0.15, 0.2) is 0 Å². The second-order valence-electron chi connectivity index (χ2n) is 6.02. The first-order chi connectivity index (χ1) is 13.0. The fourth-order valence-corrected chi connectivity index (χ4v) is 3.97. The van der Waals surface area contributed by atoms with Gasteiger partial charge in [-0.05, 0) is 29.0 Å². The summed E-state index contributed by atoms with van der Waals surface area (Å²) in [7, 11) is 2.62. The first-order valence-corrected chi connectivity index (χ1v) is 9.31. The van der Waals surface area contributed by atoms with Gasteiger partial charge in [0.2, 0.25) is 0 Å². The molecule has 0 unspecified atom stereocenters. The molecule has 1 N–H and O–H groups in total. The topological polar surface area (TPSA) is 84.9 Å². The van der Waals surface area contributed by atoms with Gasteiger partial charge in [-0.15, -0.1) is 11.3 Å². The van der Waals surface area contributed by atoms with E-state index >= 15 is 0 Å². The van der Waals surface area contributed by atoms with Crippen LogP contribution in [-0.2, 0) is 20.7 Å². The standard InChI is InChI=1S/C19H20N2O5S/c1-25-16(22)11-15-13-6-4-3-5-12(13)7-9-21(15)19(24)20-14-8-10-27-17(14)18(23)26-2/h3-6,8,10,15H,7,9,11H2,1-2H3,(H,20,24)/t15-/m1/s1. The van der Waals surface area contributed by atoms with E-state index in [2.05, 4.69) is 5.32 Å². The molecule has 1 aromatic heterocycles. The van der Waals surface area contributed by atoms with Gasteiger partial charge in [-0.2, -0.15) is 0 Å². The van der Waals surface area contributed by atoms with Crippen LogP contribution in [0.2, 0.25) is 0 Å². The molecule has 7 nitrogen and oxygen atoms in total. The lowest BCUT2D eigenvalue weighted by Crippen LogP contribution is -2.43. The minimum absolute atomic E-state index is 0.0639. The van der Waals surface area contributed by atoms with Crippen LogP contribution >= 0.6 is 11.3 Å². The number of carbonyl (C=O) groups excluding carboxylic acids is 3. The van der Waals surface area contributed by atoms with E-state index in [1.807, 2.05) is 24.3 Å². The van der Waals surface area contributed by atoms with E-state index in [4.69, 9.17) is 9.47 Å². The van der Waals surface area contributed by atoms with Crippen LogP contribution in [0.5, 0.6) is 0 Å². The molecule has 1 aromatic carbocycles. The van der Waals surface area contributed by atoms with Crippen molar-refractivity contribution in [2.75, 3.05) is 26.1 Å². The Balaban J connectivity index is 1.85. The maximum atomic E-state index is 12.9. The zero-order chi connectivity index (χ0) is 19.4. The van der Waals surface area contributed by atoms with E-state index in [1.165, 1.54) is 25.6 Å². The van der Waals surface area contributed by atoms with Crippen LogP contribution in [0.25, 0.3) is 0 Å². The fraction of sp³-hybridized carbons (Fsp3) is 0.316. The van der Waals surface area contributed by atoms with E-state index in [0.29, 0.717) is 23.5 Å². The number of hydrogen-bond acceptors (Lipinski definition) is 6. The monoisotopic (exact) mass is 388 g/mol. The van der Waals surface area contributed by atoms with Crippen LogP contribution in [0.3, 0.4) is 0 Å². The van der Waals surface area contributed by atoms with E-state index < -0.39 is 12.0 Å².